The summed E-state index contributed by atoms with van der Waals surface area (Å²) in [5.74, 6) is 0.0554. The minimum absolute atomic E-state index is 0.0160. The van der Waals surface area contributed by atoms with Crippen molar-refractivity contribution in [2.24, 2.45) is 0 Å². The molecule has 1 N–H and O–H groups in total. The van der Waals surface area contributed by atoms with Gasteiger partial charge in [-0.3, -0.25) is 4.79 Å². The van der Waals surface area contributed by atoms with Gasteiger partial charge in [0.05, 0.1) is 29.1 Å². The van der Waals surface area contributed by atoms with E-state index < -0.39 is 10.0 Å². The molecule has 0 bridgehead atoms. The van der Waals surface area contributed by atoms with Crippen LogP contribution in [0.1, 0.15) is 21.9 Å². The van der Waals surface area contributed by atoms with Crippen LogP contribution < -0.4 is 5.32 Å². The average molecular weight is 497 g/mol. The fourth-order valence-electron chi connectivity index (χ4n) is 3.82. The molecule has 0 aromatic heterocycles. The molecule has 34 heavy (non-hydrogen) atoms. The van der Waals surface area contributed by atoms with E-state index in [-0.39, 0.29) is 21.8 Å². The third-order valence-corrected chi connectivity index (χ3v) is 8.88. The van der Waals surface area contributed by atoms with Crippen molar-refractivity contribution >= 4 is 33.4 Å². The Bertz CT molecular complexity index is 1170. The average Bonchev–Trinajstić information content (AvgIpc) is 2.87. The Morgan fingerprint density at radius 3 is 2.15 bits per heavy atom. The zero-order valence-corrected chi connectivity index (χ0v) is 20.6. The fourth-order valence-corrected chi connectivity index (χ4v) is 6.34. The largest absolute Gasteiger partial charge is 0.379 e. The van der Waals surface area contributed by atoms with E-state index in [4.69, 9.17) is 4.74 Å². The number of amides is 1. The van der Waals surface area contributed by atoms with Gasteiger partial charge in [0.2, 0.25) is 15.9 Å². The third kappa shape index (κ3) is 5.88. The summed E-state index contributed by atoms with van der Waals surface area (Å²) in [5, 5.41) is 2.93. The van der Waals surface area contributed by atoms with Crippen molar-refractivity contribution in [1.82, 2.24) is 4.31 Å². The van der Waals surface area contributed by atoms with E-state index in [9.17, 15) is 13.2 Å². The summed E-state index contributed by atoms with van der Waals surface area (Å²) >= 11 is 1.54. The number of morpholine rings is 1. The van der Waals surface area contributed by atoms with Gasteiger partial charge in [-0.25, -0.2) is 8.42 Å². The van der Waals surface area contributed by atoms with E-state index in [1.54, 1.807) is 30.0 Å². The van der Waals surface area contributed by atoms with Gasteiger partial charge in [0, 0.05) is 18.8 Å². The Hall–Kier alpha value is -2.65. The summed E-state index contributed by atoms with van der Waals surface area (Å²) in [6, 6.07) is 25.1. The van der Waals surface area contributed by atoms with Gasteiger partial charge in [-0.05, 0) is 35.7 Å². The minimum Gasteiger partial charge on any atom is -0.379 e. The highest BCUT2D eigenvalue weighted by molar-refractivity contribution is 8.00. The lowest BCUT2D eigenvalue weighted by molar-refractivity contribution is -0.113. The van der Waals surface area contributed by atoms with Gasteiger partial charge in [-0.1, -0.05) is 66.7 Å². The third-order valence-electron chi connectivity index (χ3n) is 5.68. The number of aryl methyl sites for hydroxylation is 1. The number of anilines is 1. The molecule has 4 rings (SSSR count). The molecule has 0 saturated carbocycles. The molecular formula is C26H28N2O4S2. The van der Waals surface area contributed by atoms with E-state index in [0.29, 0.717) is 32.0 Å². The Kier molecular flexibility index (Phi) is 8.05. The molecule has 6 nitrogen and oxygen atoms in total. The predicted octanol–water partition coefficient (Wildman–Crippen LogP) is 4.48. The van der Waals surface area contributed by atoms with E-state index in [2.05, 4.69) is 29.6 Å². The number of nitrogens with one attached hydrogen (secondary N) is 1. The molecule has 8 heteroatoms. The molecule has 178 valence electrons. The van der Waals surface area contributed by atoms with Crippen molar-refractivity contribution < 1.29 is 17.9 Å². The summed E-state index contributed by atoms with van der Waals surface area (Å²) in [6.07, 6.45) is 0. The molecule has 1 aliphatic heterocycles. The van der Waals surface area contributed by atoms with Crippen molar-refractivity contribution in [3.8, 4) is 0 Å². The van der Waals surface area contributed by atoms with Gasteiger partial charge in [0.25, 0.3) is 0 Å². The minimum atomic E-state index is -3.64. The second-order valence-corrected chi connectivity index (χ2v) is 11.1. The molecule has 1 amide bonds. The number of carbonyl (C=O) groups is 1. The van der Waals surface area contributed by atoms with Gasteiger partial charge in [-0.15, -0.1) is 11.8 Å². The molecule has 0 atom stereocenters. The second-order valence-electron chi connectivity index (χ2n) is 8.05. The molecule has 0 spiro atoms. The number of rotatable bonds is 8. The molecule has 0 unspecified atom stereocenters. The van der Waals surface area contributed by atoms with Crippen LogP contribution >= 0.6 is 11.8 Å². The molecule has 0 aliphatic carbocycles. The number of carbonyl (C=O) groups excluding carboxylic acids is 1. The van der Waals surface area contributed by atoms with E-state index >= 15 is 0 Å². The highest BCUT2D eigenvalue weighted by Gasteiger charge is 2.27. The number of nitrogens with zero attached hydrogens (tertiary/aromatic N) is 1. The Morgan fingerprint density at radius 2 is 1.56 bits per heavy atom. The van der Waals surface area contributed by atoms with Crippen LogP contribution in [-0.4, -0.2) is 50.7 Å². The Labute approximate surface area is 205 Å². The predicted molar refractivity (Wildman–Crippen MR) is 137 cm³/mol. The molecule has 3 aromatic rings. The van der Waals surface area contributed by atoms with Gasteiger partial charge < -0.3 is 10.1 Å². The summed E-state index contributed by atoms with van der Waals surface area (Å²) in [4.78, 5) is 13.1. The first-order valence-electron chi connectivity index (χ1n) is 11.1. The number of ether oxygens (including phenoxy) is 1. The maximum Gasteiger partial charge on any atom is 0.243 e. The summed E-state index contributed by atoms with van der Waals surface area (Å²) in [6.45, 7) is 3.28. The van der Waals surface area contributed by atoms with Crippen molar-refractivity contribution in [3.05, 3.63) is 95.6 Å². The highest BCUT2D eigenvalue weighted by atomic mass is 32.2. The summed E-state index contributed by atoms with van der Waals surface area (Å²) < 4.78 is 32.7. The Morgan fingerprint density at radius 1 is 0.971 bits per heavy atom. The SMILES string of the molecule is Cc1ccc(S(=O)(=O)N2CCOCC2)cc1NC(=O)CSC(c1ccccc1)c1ccccc1. The molecule has 0 radical (unpaired) electrons. The van der Waals surface area contributed by atoms with E-state index in [1.165, 1.54) is 4.31 Å². The van der Waals surface area contributed by atoms with Crippen LogP contribution in [0, 0.1) is 6.92 Å². The maximum absolute atomic E-state index is 13.0. The van der Waals surface area contributed by atoms with Gasteiger partial charge in [-0.2, -0.15) is 4.31 Å². The number of sulfonamides is 1. The number of thioether (sulfide) groups is 1. The molecule has 1 heterocycles. The molecule has 1 fully saturated rings. The number of hydrogen-bond donors (Lipinski definition) is 1. The van der Waals surface area contributed by atoms with Crippen LogP contribution in [0.4, 0.5) is 5.69 Å². The summed E-state index contributed by atoms with van der Waals surface area (Å²) in [7, 11) is -3.64. The molecular weight excluding hydrogens is 468 g/mol. The first-order chi connectivity index (χ1) is 16.4. The first-order valence-corrected chi connectivity index (χ1v) is 13.6. The van der Waals surface area contributed by atoms with Crippen LogP contribution in [0.15, 0.2) is 83.8 Å². The summed E-state index contributed by atoms with van der Waals surface area (Å²) in [5.41, 5.74) is 3.57. The van der Waals surface area contributed by atoms with E-state index in [0.717, 1.165) is 16.7 Å². The van der Waals surface area contributed by atoms with Crippen LogP contribution in [-0.2, 0) is 19.6 Å². The van der Waals surface area contributed by atoms with Gasteiger partial charge >= 0.3 is 0 Å². The number of benzene rings is 3. The van der Waals surface area contributed by atoms with Crippen LogP contribution in [0.25, 0.3) is 0 Å². The molecule has 1 saturated heterocycles. The first kappa shape index (κ1) is 24.5. The zero-order chi connectivity index (χ0) is 24.0. The van der Waals surface area contributed by atoms with Gasteiger partial charge in [0.1, 0.15) is 0 Å². The number of hydrogen-bond acceptors (Lipinski definition) is 5. The lowest BCUT2D eigenvalue weighted by Crippen LogP contribution is -2.40. The van der Waals surface area contributed by atoms with Crippen molar-refractivity contribution in [1.29, 1.82) is 0 Å². The maximum atomic E-state index is 13.0. The van der Waals surface area contributed by atoms with Crippen LogP contribution in [0.3, 0.4) is 0 Å². The monoisotopic (exact) mass is 496 g/mol. The van der Waals surface area contributed by atoms with Crippen molar-refractivity contribution in [2.75, 3.05) is 37.4 Å². The standard InChI is InChI=1S/C26H28N2O4S2/c1-20-12-13-23(34(30,31)28-14-16-32-17-15-28)18-24(20)27-25(29)19-33-26(21-8-4-2-5-9-21)22-10-6-3-7-11-22/h2-13,18,26H,14-17,19H2,1H3,(H,27,29). The van der Waals surface area contributed by atoms with Crippen molar-refractivity contribution in [2.45, 2.75) is 17.1 Å². The molecule has 3 aromatic carbocycles. The quantitative estimate of drug-likeness (QED) is 0.498. The van der Waals surface area contributed by atoms with Crippen molar-refractivity contribution in [3.63, 3.8) is 0 Å². The highest BCUT2D eigenvalue weighted by Crippen LogP contribution is 2.35. The van der Waals surface area contributed by atoms with Gasteiger partial charge in [0.15, 0.2) is 0 Å². The lowest BCUT2D eigenvalue weighted by atomic mass is 10.0. The van der Waals surface area contributed by atoms with Crippen LogP contribution in [0.2, 0.25) is 0 Å². The topological polar surface area (TPSA) is 75.7 Å². The smallest absolute Gasteiger partial charge is 0.243 e. The normalized spacial score (nSPS) is 14.8. The fraction of sp³-hybridized carbons (Fsp3) is 0.269. The van der Waals surface area contributed by atoms with E-state index in [1.807, 2.05) is 43.3 Å². The van der Waals surface area contributed by atoms with Crippen LogP contribution in [0.5, 0.6) is 0 Å². The second kappa shape index (κ2) is 11.2. The zero-order valence-electron chi connectivity index (χ0n) is 19.0. The Balaban J connectivity index is 1.47. The lowest BCUT2D eigenvalue weighted by Gasteiger charge is -2.26. The molecule has 1 aliphatic rings.